The van der Waals surface area contributed by atoms with Gasteiger partial charge in [-0.05, 0) is 62.3 Å². The Bertz CT molecular complexity index is 418. The maximum atomic E-state index is 13.1. The summed E-state index contributed by atoms with van der Waals surface area (Å²) in [6.45, 7) is 6.35. The number of anilines is 1. The minimum absolute atomic E-state index is 0.174. The average Bonchev–Trinajstić information content (AvgIpc) is 2.49. The van der Waals surface area contributed by atoms with Crippen LogP contribution >= 0.6 is 0 Å². The molecule has 2 N–H and O–H groups in total. The van der Waals surface area contributed by atoms with Gasteiger partial charge in [-0.25, -0.2) is 4.39 Å². The molecule has 2 nitrogen and oxygen atoms in total. The van der Waals surface area contributed by atoms with Crippen molar-refractivity contribution in [1.82, 2.24) is 0 Å². The molecule has 3 heteroatoms. The van der Waals surface area contributed by atoms with Crippen LogP contribution in [0.2, 0.25) is 0 Å². The predicted molar refractivity (Wildman–Crippen MR) is 88.0 cm³/mol. The van der Waals surface area contributed by atoms with Gasteiger partial charge in [-0.2, -0.15) is 0 Å². The number of hydrogen-bond donors (Lipinski definition) is 1. The van der Waals surface area contributed by atoms with Gasteiger partial charge in [0.05, 0.1) is 0 Å². The fourth-order valence-corrected chi connectivity index (χ4v) is 3.62. The Labute approximate surface area is 128 Å². The zero-order valence-corrected chi connectivity index (χ0v) is 13.4. The summed E-state index contributed by atoms with van der Waals surface area (Å²) in [5, 5.41) is 0. The molecule has 0 saturated heterocycles. The van der Waals surface area contributed by atoms with Gasteiger partial charge in [-0.1, -0.05) is 19.8 Å². The second-order valence-electron chi connectivity index (χ2n) is 6.41. The molecule has 1 aromatic carbocycles. The van der Waals surface area contributed by atoms with E-state index in [0.717, 1.165) is 31.1 Å². The summed E-state index contributed by atoms with van der Waals surface area (Å²) in [7, 11) is 0. The van der Waals surface area contributed by atoms with E-state index in [0.29, 0.717) is 12.0 Å². The Kier molecular flexibility index (Phi) is 6.04. The first-order valence-corrected chi connectivity index (χ1v) is 8.40. The van der Waals surface area contributed by atoms with Gasteiger partial charge in [-0.3, -0.25) is 0 Å². The van der Waals surface area contributed by atoms with Crippen molar-refractivity contribution in [2.24, 2.45) is 17.6 Å². The van der Waals surface area contributed by atoms with E-state index in [-0.39, 0.29) is 5.82 Å². The Morgan fingerprint density at radius 1 is 1.19 bits per heavy atom. The number of nitrogens with zero attached hydrogens (tertiary/aromatic N) is 1. The summed E-state index contributed by atoms with van der Waals surface area (Å²) in [6.07, 6.45) is 6.27. The number of nitrogens with two attached hydrogens (primary N) is 1. The van der Waals surface area contributed by atoms with Crippen LogP contribution in [0.15, 0.2) is 24.3 Å². The molecule has 1 fully saturated rings. The molecule has 3 unspecified atom stereocenters. The van der Waals surface area contributed by atoms with Crippen molar-refractivity contribution < 1.29 is 4.39 Å². The largest absolute Gasteiger partial charge is 0.371 e. The third-order valence-electron chi connectivity index (χ3n) is 4.88. The molecule has 3 atom stereocenters. The molecule has 0 bridgehead atoms. The predicted octanol–water partition coefficient (Wildman–Crippen LogP) is 4.20. The maximum absolute atomic E-state index is 13.1. The van der Waals surface area contributed by atoms with Gasteiger partial charge in [0, 0.05) is 24.8 Å². The lowest BCUT2D eigenvalue weighted by Gasteiger charge is -2.38. The highest BCUT2D eigenvalue weighted by Gasteiger charge is 2.29. The molecule has 1 aliphatic rings. The number of benzene rings is 1. The molecular formula is C18H29FN2. The molecule has 1 saturated carbocycles. The fourth-order valence-electron chi connectivity index (χ4n) is 3.62. The quantitative estimate of drug-likeness (QED) is 0.851. The van der Waals surface area contributed by atoms with Gasteiger partial charge in [-0.15, -0.1) is 0 Å². The van der Waals surface area contributed by atoms with E-state index in [4.69, 9.17) is 5.73 Å². The molecule has 0 aliphatic heterocycles. The summed E-state index contributed by atoms with van der Waals surface area (Å²) in [4.78, 5) is 2.33. The van der Waals surface area contributed by atoms with Gasteiger partial charge in [0.15, 0.2) is 0 Å². The summed E-state index contributed by atoms with van der Waals surface area (Å²) in [6, 6.07) is 7.14. The van der Waals surface area contributed by atoms with Crippen LogP contribution in [0.5, 0.6) is 0 Å². The van der Waals surface area contributed by atoms with Crippen molar-refractivity contribution in [3.63, 3.8) is 0 Å². The van der Waals surface area contributed by atoms with Gasteiger partial charge in [0.1, 0.15) is 5.82 Å². The Morgan fingerprint density at radius 2 is 1.90 bits per heavy atom. The third kappa shape index (κ3) is 4.44. The van der Waals surface area contributed by atoms with Crippen molar-refractivity contribution >= 4 is 5.69 Å². The highest BCUT2D eigenvalue weighted by Crippen LogP contribution is 2.32. The lowest BCUT2D eigenvalue weighted by molar-refractivity contribution is 0.225. The zero-order valence-electron chi connectivity index (χ0n) is 13.4. The minimum atomic E-state index is -0.174. The zero-order chi connectivity index (χ0) is 15.2. The van der Waals surface area contributed by atoms with Crippen LogP contribution in [0.3, 0.4) is 0 Å². The van der Waals surface area contributed by atoms with Gasteiger partial charge in [0.25, 0.3) is 0 Å². The van der Waals surface area contributed by atoms with E-state index in [1.54, 1.807) is 12.1 Å². The van der Waals surface area contributed by atoms with Gasteiger partial charge in [0.2, 0.25) is 0 Å². The Morgan fingerprint density at radius 3 is 2.52 bits per heavy atom. The monoisotopic (exact) mass is 292 g/mol. The van der Waals surface area contributed by atoms with Crippen molar-refractivity contribution in [2.45, 2.75) is 52.0 Å². The minimum Gasteiger partial charge on any atom is -0.371 e. The van der Waals surface area contributed by atoms with Crippen LogP contribution in [0.25, 0.3) is 0 Å². The van der Waals surface area contributed by atoms with E-state index in [2.05, 4.69) is 18.7 Å². The van der Waals surface area contributed by atoms with Crippen molar-refractivity contribution in [3.8, 4) is 0 Å². The van der Waals surface area contributed by atoms with Crippen LogP contribution in [0, 0.1) is 17.7 Å². The van der Waals surface area contributed by atoms with E-state index in [1.807, 2.05) is 12.1 Å². The molecule has 0 aromatic heterocycles. The highest BCUT2D eigenvalue weighted by atomic mass is 19.1. The first-order valence-electron chi connectivity index (χ1n) is 8.40. The molecule has 1 aliphatic carbocycles. The maximum Gasteiger partial charge on any atom is 0.123 e. The van der Waals surface area contributed by atoms with E-state index in [9.17, 15) is 4.39 Å². The molecule has 0 amide bonds. The van der Waals surface area contributed by atoms with Crippen molar-refractivity contribution in [3.05, 3.63) is 30.1 Å². The second kappa shape index (κ2) is 7.79. The van der Waals surface area contributed by atoms with Crippen LogP contribution in [0.1, 0.15) is 46.0 Å². The van der Waals surface area contributed by atoms with E-state index >= 15 is 0 Å². The summed E-state index contributed by atoms with van der Waals surface area (Å²) in [5.74, 6) is 1.22. The number of hydrogen-bond acceptors (Lipinski definition) is 2. The molecule has 1 aromatic rings. The lowest BCUT2D eigenvalue weighted by atomic mass is 9.76. The highest BCUT2D eigenvalue weighted by molar-refractivity contribution is 5.46. The molecule has 0 heterocycles. The number of halogens is 1. The smallest absolute Gasteiger partial charge is 0.123 e. The van der Waals surface area contributed by atoms with E-state index < -0.39 is 0 Å². The van der Waals surface area contributed by atoms with Crippen LogP contribution in [0.4, 0.5) is 10.1 Å². The Balaban J connectivity index is 2.00. The summed E-state index contributed by atoms with van der Waals surface area (Å²) >= 11 is 0. The molecule has 118 valence electrons. The topological polar surface area (TPSA) is 29.3 Å². The van der Waals surface area contributed by atoms with Crippen LogP contribution < -0.4 is 10.6 Å². The van der Waals surface area contributed by atoms with Gasteiger partial charge >= 0.3 is 0 Å². The standard InChI is InChI=1S/C18H29FN2/c1-3-5-14-6-11-18(20)15(12-14)13-21(4-2)17-9-7-16(19)8-10-17/h7-10,14-15,18H,3-6,11-13,20H2,1-2H3. The summed E-state index contributed by atoms with van der Waals surface area (Å²) in [5.41, 5.74) is 7.46. The summed E-state index contributed by atoms with van der Waals surface area (Å²) < 4.78 is 13.1. The lowest BCUT2D eigenvalue weighted by Crippen LogP contribution is -2.43. The molecule has 0 radical (unpaired) electrons. The van der Waals surface area contributed by atoms with Crippen molar-refractivity contribution in [1.29, 1.82) is 0 Å². The fraction of sp³-hybridized carbons (Fsp3) is 0.667. The SMILES string of the molecule is CCCC1CCC(N)C(CN(CC)c2ccc(F)cc2)C1. The van der Waals surface area contributed by atoms with Crippen LogP contribution in [-0.2, 0) is 0 Å². The average molecular weight is 292 g/mol. The normalized spacial score (nSPS) is 25.8. The molecule has 21 heavy (non-hydrogen) atoms. The number of rotatable bonds is 6. The molecule has 2 rings (SSSR count). The Hall–Kier alpha value is -1.09. The van der Waals surface area contributed by atoms with E-state index in [1.165, 1.54) is 25.7 Å². The van der Waals surface area contributed by atoms with Crippen LogP contribution in [-0.4, -0.2) is 19.1 Å². The first-order chi connectivity index (χ1) is 10.1. The molecule has 0 spiro atoms. The van der Waals surface area contributed by atoms with Gasteiger partial charge < -0.3 is 10.6 Å². The first kappa shape index (κ1) is 16.3. The second-order valence-corrected chi connectivity index (χ2v) is 6.41. The molecular weight excluding hydrogens is 263 g/mol. The van der Waals surface area contributed by atoms with Crippen molar-refractivity contribution in [2.75, 3.05) is 18.0 Å². The third-order valence-corrected chi connectivity index (χ3v) is 4.88.